The first kappa shape index (κ1) is 17.8. The molecule has 1 aliphatic heterocycles. The summed E-state index contributed by atoms with van der Waals surface area (Å²) < 4.78 is 17.0. The summed E-state index contributed by atoms with van der Waals surface area (Å²) in [6.45, 7) is 1.11. The van der Waals surface area contributed by atoms with E-state index in [4.69, 9.17) is 25.8 Å². The number of carbonyl (C=O) groups excluding carboxylic acids is 1. The number of rotatable bonds is 4. The van der Waals surface area contributed by atoms with Crippen LogP contribution in [0.5, 0.6) is 0 Å². The number of hydrogen-bond acceptors (Lipinski definition) is 5. The van der Waals surface area contributed by atoms with Crippen molar-refractivity contribution >= 4 is 45.3 Å². The topological polar surface area (TPSA) is 44.8 Å². The molecule has 2 aromatic rings. The van der Waals surface area contributed by atoms with Crippen molar-refractivity contribution in [2.45, 2.75) is 16.1 Å². The maximum atomic E-state index is 12.0. The van der Waals surface area contributed by atoms with E-state index >= 15 is 0 Å². The third-order valence-corrected chi connectivity index (χ3v) is 5.59. The number of ether oxygens (including phenoxy) is 3. The van der Waals surface area contributed by atoms with Crippen LogP contribution in [0.2, 0.25) is 5.02 Å². The third-order valence-electron chi connectivity index (χ3n) is 3.43. The first-order valence-corrected chi connectivity index (χ1v) is 9.16. The fourth-order valence-corrected chi connectivity index (χ4v) is 4.05. The average molecular weight is 430 g/mol. The van der Waals surface area contributed by atoms with Crippen LogP contribution in [0.15, 0.2) is 50.7 Å². The zero-order valence-electron chi connectivity index (χ0n) is 12.8. The number of benzene rings is 2. The first-order chi connectivity index (χ1) is 11.6. The van der Waals surface area contributed by atoms with Crippen molar-refractivity contribution in [1.29, 1.82) is 0 Å². The van der Waals surface area contributed by atoms with Crippen molar-refractivity contribution in [3.63, 3.8) is 0 Å². The minimum Gasteiger partial charge on any atom is -0.465 e. The summed E-state index contributed by atoms with van der Waals surface area (Å²) in [7, 11) is 1.35. The number of methoxy groups -OCH3 is 1. The lowest BCUT2D eigenvalue weighted by molar-refractivity contribution is -0.0460. The van der Waals surface area contributed by atoms with Gasteiger partial charge in [-0.25, -0.2) is 4.79 Å². The van der Waals surface area contributed by atoms with Gasteiger partial charge in [-0.05, 0) is 30.3 Å². The maximum Gasteiger partial charge on any atom is 0.339 e. The molecule has 0 amide bonds. The molecule has 1 saturated heterocycles. The first-order valence-electron chi connectivity index (χ1n) is 7.17. The van der Waals surface area contributed by atoms with Gasteiger partial charge in [0, 0.05) is 19.8 Å². The minimum atomic E-state index is -0.424. The number of esters is 1. The Labute approximate surface area is 157 Å². The Morgan fingerprint density at radius 3 is 2.75 bits per heavy atom. The normalized spacial score (nSPS) is 14.8. The van der Waals surface area contributed by atoms with E-state index in [1.807, 2.05) is 18.2 Å². The SMILES string of the molecule is COC(=O)c1cccc(Cl)c1Sc1ccc(Br)cc1C1OCCO1. The molecule has 0 N–H and O–H groups in total. The zero-order valence-corrected chi connectivity index (χ0v) is 15.9. The van der Waals surface area contributed by atoms with Gasteiger partial charge in [0.05, 0.1) is 30.9 Å². The zero-order chi connectivity index (χ0) is 17.1. The molecule has 1 heterocycles. The van der Waals surface area contributed by atoms with E-state index in [2.05, 4.69) is 15.9 Å². The van der Waals surface area contributed by atoms with Gasteiger partial charge in [-0.2, -0.15) is 0 Å². The average Bonchev–Trinajstić information content (AvgIpc) is 3.11. The lowest BCUT2D eigenvalue weighted by Crippen LogP contribution is -2.04. The van der Waals surface area contributed by atoms with E-state index in [-0.39, 0.29) is 0 Å². The quantitative estimate of drug-likeness (QED) is 0.634. The van der Waals surface area contributed by atoms with E-state index < -0.39 is 12.3 Å². The van der Waals surface area contributed by atoms with Crippen LogP contribution in [0.4, 0.5) is 0 Å². The Hall–Kier alpha value is -1.05. The van der Waals surface area contributed by atoms with Crippen molar-refractivity contribution in [2.75, 3.05) is 20.3 Å². The van der Waals surface area contributed by atoms with Crippen molar-refractivity contribution in [3.05, 3.63) is 57.0 Å². The Balaban J connectivity index is 2.02. The van der Waals surface area contributed by atoms with Crippen LogP contribution >= 0.6 is 39.3 Å². The summed E-state index contributed by atoms with van der Waals surface area (Å²) in [5.74, 6) is -0.424. The van der Waals surface area contributed by atoms with Gasteiger partial charge in [0.15, 0.2) is 6.29 Å². The van der Waals surface area contributed by atoms with Crippen LogP contribution in [0.3, 0.4) is 0 Å². The van der Waals surface area contributed by atoms with E-state index in [1.54, 1.807) is 18.2 Å². The Morgan fingerprint density at radius 1 is 1.29 bits per heavy atom. The second kappa shape index (κ2) is 7.89. The van der Waals surface area contributed by atoms with E-state index in [1.165, 1.54) is 18.9 Å². The molecule has 0 aromatic heterocycles. The smallest absolute Gasteiger partial charge is 0.339 e. The highest BCUT2D eigenvalue weighted by atomic mass is 79.9. The number of carbonyl (C=O) groups is 1. The van der Waals surface area contributed by atoms with Gasteiger partial charge >= 0.3 is 5.97 Å². The van der Waals surface area contributed by atoms with E-state index in [0.29, 0.717) is 28.7 Å². The lowest BCUT2D eigenvalue weighted by Gasteiger charge is -2.16. The second-order valence-corrected chi connectivity index (χ2v) is 7.34. The molecular formula is C17H14BrClO4S. The number of halogens is 2. The van der Waals surface area contributed by atoms with Gasteiger partial charge in [-0.1, -0.05) is 45.4 Å². The molecule has 0 atom stereocenters. The molecule has 0 unspecified atom stereocenters. The maximum absolute atomic E-state index is 12.0. The Morgan fingerprint density at radius 2 is 2.04 bits per heavy atom. The van der Waals surface area contributed by atoms with Crippen molar-refractivity contribution in [1.82, 2.24) is 0 Å². The fraction of sp³-hybridized carbons (Fsp3) is 0.235. The molecule has 0 spiro atoms. The van der Waals surface area contributed by atoms with Gasteiger partial charge in [0.2, 0.25) is 0 Å². The van der Waals surface area contributed by atoms with Crippen LogP contribution in [-0.2, 0) is 14.2 Å². The van der Waals surface area contributed by atoms with Gasteiger partial charge < -0.3 is 14.2 Å². The molecule has 24 heavy (non-hydrogen) atoms. The van der Waals surface area contributed by atoms with Crippen molar-refractivity contribution in [2.24, 2.45) is 0 Å². The van der Waals surface area contributed by atoms with Crippen LogP contribution in [0.1, 0.15) is 22.2 Å². The molecule has 0 bridgehead atoms. The standard InChI is InChI=1S/C17H14BrClO4S/c1-21-16(20)11-3-2-4-13(19)15(11)24-14-6-5-10(18)9-12(14)17-22-7-8-23-17/h2-6,9,17H,7-8H2,1H3. The summed E-state index contributed by atoms with van der Waals surface area (Å²) >= 11 is 11.2. The summed E-state index contributed by atoms with van der Waals surface area (Å²) in [5.41, 5.74) is 1.32. The van der Waals surface area contributed by atoms with Crippen molar-refractivity contribution in [3.8, 4) is 0 Å². The molecule has 1 fully saturated rings. The summed E-state index contributed by atoms with van der Waals surface area (Å²) in [4.78, 5) is 13.6. The van der Waals surface area contributed by atoms with Gasteiger partial charge in [0.1, 0.15) is 0 Å². The van der Waals surface area contributed by atoms with Gasteiger partial charge in [0.25, 0.3) is 0 Å². The minimum absolute atomic E-state index is 0.422. The highest BCUT2D eigenvalue weighted by Crippen LogP contribution is 2.41. The predicted molar refractivity (Wildman–Crippen MR) is 95.7 cm³/mol. The summed E-state index contributed by atoms with van der Waals surface area (Å²) in [6, 6.07) is 11.0. The summed E-state index contributed by atoms with van der Waals surface area (Å²) in [5, 5.41) is 0.491. The highest BCUT2D eigenvalue weighted by molar-refractivity contribution is 9.10. The molecule has 1 aliphatic rings. The molecule has 0 aliphatic carbocycles. The molecule has 0 saturated carbocycles. The molecule has 7 heteroatoms. The van der Waals surface area contributed by atoms with E-state index in [9.17, 15) is 4.79 Å². The largest absolute Gasteiger partial charge is 0.465 e. The molecule has 0 radical (unpaired) electrons. The van der Waals surface area contributed by atoms with Crippen molar-refractivity contribution < 1.29 is 19.0 Å². The second-order valence-electron chi connectivity index (χ2n) is 4.97. The summed E-state index contributed by atoms with van der Waals surface area (Å²) in [6.07, 6.45) is -0.422. The van der Waals surface area contributed by atoms with Crippen LogP contribution < -0.4 is 0 Å². The molecular weight excluding hydrogens is 416 g/mol. The van der Waals surface area contributed by atoms with Gasteiger partial charge in [-0.3, -0.25) is 0 Å². The fourth-order valence-electron chi connectivity index (χ4n) is 2.33. The molecule has 3 rings (SSSR count). The highest BCUT2D eigenvalue weighted by Gasteiger charge is 2.24. The monoisotopic (exact) mass is 428 g/mol. The number of hydrogen-bond donors (Lipinski definition) is 0. The Kier molecular flexibility index (Phi) is 5.84. The van der Waals surface area contributed by atoms with E-state index in [0.717, 1.165) is 14.9 Å². The predicted octanol–water partition coefficient (Wildman–Crippen LogP) is 5.09. The molecule has 2 aromatic carbocycles. The third kappa shape index (κ3) is 3.78. The molecule has 4 nitrogen and oxygen atoms in total. The Bertz CT molecular complexity index is 762. The lowest BCUT2D eigenvalue weighted by atomic mass is 10.2. The van der Waals surface area contributed by atoms with Crippen LogP contribution in [0, 0.1) is 0 Å². The van der Waals surface area contributed by atoms with Crippen LogP contribution in [-0.4, -0.2) is 26.3 Å². The van der Waals surface area contributed by atoms with Crippen LogP contribution in [0.25, 0.3) is 0 Å². The van der Waals surface area contributed by atoms with Gasteiger partial charge in [-0.15, -0.1) is 0 Å². The molecule has 126 valence electrons.